The van der Waals surface area contributed by atoms with E-state index in [1.807, 2.05) is 0 Å². The van der Waals surface area contributed by atoms with E-state index < -0.39 is 5.91 Å². The molecule has 1 rings (SSSR count). The lowest BCUT2D eigenvalue weighted by atomic mass is 10.1. The van der Waals surface area contributed by atoms with Crippen LogP contribution in [0.5, 0.6) is 0 Å². The molecule has 0 saturated heterocycles. The Hall–Kier alpha value is -0.550. The fourth-order valence-electron chi connectivity index (χ4n) is 1.75. The lowest BCUT2D eigenvalue weighted by molar-refractivity contribution is 0.1000. The van der Waals surface area contributed by atoms with Crippen LogP contribution in [-0.4, -0.2) is 16.6 Å². The number of halogens is 1. The van der Waals surface area contributed by atoms with E-state index in [-0.39, 0.29) is 0 Å². The molecule has 2 N–H and O–H groups in total. The highest BCUT2D eigenvalue weighted by atomic mass is 79.9. The van der Waals surface area contributed by atoms with Gasteiger partial charge in [-0.1, -0.05) is 39.0 Å². The number of nitrogens with zero attached hydrogens (tertiary/aromatic N) is 1. The first kappa shape index (κ1) is 16.5. The van der Waals surface area contributed by atoms with Gasteiger partial charge in [-0.15, -0.1) is 11.8 Å². The molecule has 106 valence electrons. The molecule has 0 radical (unpaired) electrons. The van der Waals surface area contributed by atoms with Crippen molar-refractivity contribution in [3.8, 4) is 0 Å². The number of carbonyl (C=O) groups is 1. The van der Waals surface area contributed by atoms with Gasteiger partial charge >= 0.3 is 0 Å². The molecule has 0 aliphatic carbocycles. The van der Waals surface area contributed by atoms with Crippen molar-refractivity contribution in [1.29, 1.82) is 0 Å². The molecule has 0 saturated carbocycles. The number of amides is 1. The van der Waals surface area contributed by atoms with Crippen molar-refractivity contribution in [2.45, 2.75) is 50.5 Å². The highest BCUT2D eigenvalue weighted by Gasteiger charge is 2.06. The van der Waals surface area contributed by atoms with Gasteiger partial charge in [0.2, 0.25) is 5.91 Å². The van der Waals surface area contributed by atoms with Crippen LogP contribution in [0.4, 0.5) is 0 Å². The molecule has 0 bridgehead atoms. The maximum atomic E-state index is 11.1. The van der Waals surface area contributed by atoms with Gasteiger partial charge in [0.25, 0.3) is 0 Å². The Morgan fingerprint density at radius 2 is 1.95 bits per heavy atom. The van der Waals surface area contributed by atoms with E-state index in [0.717, 1.165) is 10.8 Å². The third-order valence-corrected chi connectivity index (χ3v) is 4.21. The number of carbonyl (C=O) groups excluding carboxylic acids is 1. The van der Waals surface area contributed by atoms with Crippen LogP contribution >= 0.6 is 27.7 Å². The number of thioether (sulfide) groups is 1. The molecule has 0 aromatic carbocycles. The van der Waals surface area contributed by atoms with Gasteiger partial charge in [0, 0.05) is 5.56 Å². The summed E-state index contributed by atoms with van der Waals surface area (Å²) in [6.45, 7) is 2.23. The molecule has 3 nitrogen and oxygen atoms in total. The first-order chi connectivity index (χ1) is 9.13. The number of hydrogen-bond acceptors (Lipinski definition) is 3. The number of primary amides is 1. The van der Waals surface area contributed by atoms with Gasteiger partial charge in [0.05, 0.1) is 5.03 Å². The van der Waals surface area contributed by atoms with Crippen LogP contribution in [-0.2, 0) is 0 Å². The molecule has 1 aromatic heterocycles. The second-order valence-corrected chi connectivity index (χ2v) is 6.42. The van der Waals surface area contributed by atoms with E-state index >= 15 is 0 Å². The zero-order valence-electron chi connectivity index (χ0n) is 11.3. The van der Waals surface area contributed by atoms with E-state index in [4.69, 9.17) is 5.73 Å². The van der Waals surface area contributed by atoms with Crippen LogP contribution in [0.3, 0.4) is 0 Å². The zero-order chi connectivity index (χ0) is 14.1. The van der Waals surface area contributed by atoms with Gasteiger partial charge in [-0.05, 0) is 40.2 Å². The number of aromatic nitrogens is 1. The summed E-state index contributed by atoms with van der Waals surface area (Å²) >= 11 is 4.98. The van der Waals surface area contributed by atoms with E-state index in [1.54, 1.807) is 23.9 Å². The van der Waals surface area contributed by atoms with Crippen LogP contribution in [0.1, 0.15) is 55.8 Å². The average molecular weight is 345 g/mol. The quantitative estimate of drug-likeness (QED) is 0.410. The number of unbranched alkanes of at least 4 members (excludes halogenated alkanes) is 5. The third-order valence-electron chi connectivity index (χ3n) is 2.80. The van der Waals surface area contributed by atoms with Crippen LogP contribution in [0.2, 0.25) is 0 Å². The highest BCUT2D eigenvalue weighted by molar-refractivity contribution is 9.10. The minimum absolute atomic E-state index is 0.412. The van der Waals surface area contributed by atoms with Gasteiger partial charge in [0.15, 0.2) is 0 Å². The standard InChI is InChI=1S/C14H21BrN2OS/c1-2-3-4-5-6-7-8-19-13-10-11(14(16)18)9-12(15)17-13/h9-10H,2-8H2,1H3,(H2,16,18). The lowest BCUT2D eigenvalue weighted by Crippen LogP contribution is -2.11. The molecule has 0 spiro atoms. The smallest absolute Gasteiger partial charge is 0.248 e. The summed E-state index contributed by atoms with van der Waals surface area (Å²) in [7, 11) is 0. The van der Waals surface area contributed by atoms with Gasteiger partial charge in [-0.3, -0.25) is 4.79 Å². The number of pyridine rings is 1. The van der Waals surface area contributed by atoms with Crippen molar-refractivity contribution in [3.63, 3.8) is 0 Å². The minimum Gasteiger partial charge on any atom is -0.366 e. The molecule has 0 atom stereocenters. The highest BCUT2D eigenvalue weighted by Crippen LogP contribution is 2.22. The summed E-state index contributed by atoms with van der Waals surface area (Å²) < 4.78 is 0.661. The number of hydrogen-bond donors (Lipinski definition) is 1. The predicted molar refractivity (Wildman–Crippen MR) is 84.6 cm³/mol. The Kier molecular flexibility index (Phi) is 8.14. The Labute approximate surface area is 127 Å². The zero-order valence-corrected chi connectivity index (χ0v) is 13.7. The summed E-state index contributed by atoms with van der Waals surface area (Å²) in [5.74, 6) is 0.623. The van der Waals surface area contributed by atoms with Crippen LogP contribution in [0.25, 0.3) is 0 Å². The fourth-order valence-corrected chi connectivity index (χ4v) is 3.23. The number of rotatable bonds is 9. The predicted octanol–water partition coefficient (Wildman–Crippen LogP) is 4.40. The van der Waals surface area contributed by atoms with Crippen molar-refractivity contribution in [2.24, 2.45) is 5.73 Å². The Morgan fingerprint density at radius 3 is 2.63 bits per heavy atom. The molecular formula is C14H21BrN2OS. The second-order valence-electron chi connectivity index (χ2n) is 4.50. The maximum absolute atomic E-state index is 11.1. The average Bonchev–Trinajstić information content (AvgIpc) is 2.37. The summed E-state index contributed by atoms with van der Waals surface area (Å²) in [6.07, 6.45) is 7.72. The minimum atomic E-state index is -0.412. The van der Waals surface area contributed by atoms with Gasteiger partial charge in [-0.2, -0.15) is 0 Å². The topological polar surface area (TPSA) is 56.0 Å². The largest absolute Gasteiger partial charge is 0.366 e. The molecule has 0 aliphatic rings. The van der Waals surface area contributed by atoms with E-state index in [9.17, 15) is 4.79 Å². The molecule has 1 heterocycles. The molecule has 1 amide bonds. The second kappa shape index (κ2) is 9.37. The van der Waals surface area contributed by atoms with Crippen LogP contribution < -0.4 is 5.73 Å². The molecule has 0 fully saturated rings. The molecular weight excluding hydrogens is 324 g/mol. The molecule has 0 aliphatic heterocycles. The Balaban J connectivity index is 2.31. The normalized spacial score (nSPS) is 10.6. The summed E-state index contributed by atoms with van der Waals surface area (Å²) in [5.41, 5.74) is 5.78. The SMILES string of the molecule is CCCCCCCCSc1cc(C(N)=O)cc(Br)n1. The van der Waals surface area contributed by atoms with Crippen molar-refractivity contribution < 1.29 is 4.79 Å². The lowest BCUT2D eigenvalue weighted by Gasteiger charge is -2.04. The molecule has 0 unspecified atom stereocenters. The van der Waals surface area contributed by atoms with E-state index in [0.29, 0.717) is 10.2 Å². The Bertz CT molecular complexity index is 412. The molecule has 19 heavy (non-hydrogen) atoms. The van der Waals surface area contributed by atoms with E-state index in [1.165, 1.54) is 38.5 Å². The van der Waals surface area contributed by atoms with Gasteiger partial charge in [-0.25, -0.2) is 4.98 Å². The van der Waals surface area contributed by atoms with Crippen molar-refractivity contribution in [2.75, 3.05) is 5.75 Å². The number of nitrogens with two attached hydrogens (primary N) is 1. The van der Waals surface area contributed by atoms with E-state index in [2.05, 4.69) is 27.8 Å². The van der Waals surface area contributed by atoms with Crippen molar-refractivity contribution >= 4 is 33.6 Å². The van der Waals surface area contributed by atoms with Crippen LogP contribution in [0.15, 0.2) is 21.8 Å². The van der Waals surface area contributed by atoms with Gasteiger partial charge in [0.1, 0.15) is 4.60 Å². The summed E-state index contributed by atoms with van der Waals surface area (Å²) in [6, 6.07) is 3.41. The maximum Gasteiger partial charge on any atom is 0.248 e. The van der Waals surface area contributed by atoms with Gasteiger partial charge < -0.3 is 5.73 Å². The van der Waals surface area contributed by atoms with Crippen molar-refractivity contribution in [3.05, 3.63) is 22.3 Å². The van der Waals surface area contributed by atoms with Crippen LogP contribution in [0, 0.1) is 0 Å². The molecule has 5 heteroatoms. The third kappa shape index (κ3) is 6.97. The summed E-state index contributed by atoms with van der Waals surface area (Å²) in [4.78, 5) is 15.5. The Morgan fingerprint density at radius 1 is 1.26 bits per heavy atom. The first-order valence-corrected chi connectivity index (χ1v) is 8.51. The first-order valence-electron chi connectivity index (χ1n) is 6.73. The fraction of sp³-hybridized carbons (Fsp3) is 0.571. The molecule has 1 aromatic rings. The summed E-state index contributed by atoms with van der Waals surface area (Å²) in [5, 5.41) is 0.858. The monoisotopic (exact) mass is 344 g/mol. The van der Waals surface area contributed by atoms with Crippen molar-refractivity contribution in [1.82, 2.24) is 4.98 Å².